The third-order valence-corrected chi connectivity index (χ3v) is 4.84. The van der Waals surface area contributed by atoms with E-state index in [1.165, 1.54) is 6.07 Å². The van der Waals surface area contributed by atoms with Crippen molar-refractivity contribution in [2.24, 2.45) is 0 Å². The molecule has 8 heteroatoms. The monoisotopic (exact) mass is 468 g/mol. The number of ether oxygens (including phenoxy) is 2. The summed E-state index contributed by atoms with van der Waals surface area (Å²) in [6, 6.07) is 16.1. The Bertz CT molecular complexity index is 1260. The first-order valence-electron chi connectivity index (χ1n) is 9.22. The Morgan fingerprint density at radius 3 is 2.73 bits per heavy atom. The summed E-state index contributed by atoms with van der Waals surface area (Å²) in [4.78, 5) is 24.3. The Kier molecular flexibility index (Phi) is 5.67. The highest BCUT2D eigenvalue weighted by atomic mass is 79.9. The number of nitrogens with zero attached hydrogens (tertiary/aromatic N) is 2. The third kappa shape index (κ3) is 4.13. The lowest BCUT2D eigenvalue weighted by Gasteiger charge is -2.08. The lowest BCUT2D eigenvalue weighted by atomic mass is 10.1. The number of hydrogen-bond acceptors (Lipinski definition) is 6. The topological polar surface area (TPSA) is 83.6 Å². The minimum Gasteiger partial charge on any atom is -0.485 e. The second-order valence-electron chi connectivity index (χ2n) is 6.36. The van der Waals surface area contributed by atoms with Gasteiger partial charge in [-0.15, -0.1) is 0 Å². The number of aromatic nitrogens is 2. The van der Waals surface area contributed by atoms with Gasteiger partial charge in [-0.25, -0.2) is 14.3 Å². The molecule has 0 unspecified atom stereocenters. The van der Waals surface area contributed by atoms with Crippen molar-refractivity contribution in [3.05, 3.63) is 86.9 Å². The second-order valence-corrected chi connectivity index (χ2v) is 7.28. The second kappa shape index (κ2) is 8.54. The van der Waals surface area contributed by atoms with E-state index in [0.29, 0.717) is 11.1 Å². The van der Waals surface area contributed by atoms with Crippen molar-refractivity contribution in [1.29, 1.82) is 0 Å². The fourth-order valence-corrected chi connectivity index (χ4v) is 3.34. The van der Waals surface area contributed by atoms with Gasteiger partial charge in [0.15, 0.2) is 5.75 Å². The predicted octanol–water partition coefficient (Wildman–Crippen LogP) is 4.50. The van der Waals surface area contributed by atoms with Crippen LogP contribution >= 0.6 is 15.9 Å². The molecule has 0 amide bonds. The van der Waals surface area contributed by atoms with E-state index in [1.807, 2.05) is 42.5 Å². The lowest BCUT2D eigenvalue weighted by Crippen LogP contribution is -2.09. The molecule has 0 fully saturated rings. The van der Waals surface area contributed by atoms with Crippen LogP contribution in [0.4, 0.5) is 0 Å². The van der Waals surface area contributed by atoms with Crippen LogP contribution in [-0.4, -0.2) is 22.4 Å². The van der Waals surface area contributed by atoms with Crippen LogP contribution in [-0.2, 0) is 11.3 Å². The highest BCUT2D eigenvalue weighted by molar-refractivity contribution is 9.10. The van der Waals surface area contributed by atoms with E-state index in [-0.39, 0.29) is 24.7 Å². The van der Waals surface area contributed by atoms with Crippen molar-refractivity contribution < 1.29 is 18.7 Å². The highest BCUT2D eigenvalue weighted by Crippen LogP contribution is 2.25. The number of carbonyl (C=O) groups excluding carboxylic acids is 1. The molecule has 0 aliphatic carbocycles. The van der Waals surface area contributed by atoms with Crippen molar-refractivity contribution in [2.75, 3.05) is 6.61 Å². The van der Waals surface area contributed by atoms with Gasteiger partial charge in [-0.3, -0.25) is 0 Å². The normalized spacial score (nSPS) is 10.9. The van der Waals surface area contributed by atoms with Gasteiger partial charge < -0.3 is 13.9 Å². The van der Waals surface area contributed by atoms with Crippen LogP contribution in [0.25, 0.3) is 16.7 Å². The van der Waals surface area contributed by atoms with Crippen molar-refractivity contribution >= 4 is 32.9 Å². The molecule has 30 heavy (non-hydrogen) atoms. The molecule has 0 saturated heterocycles. The molecule has 0 aliphatic rings. The van der Waals surface area contributed by atoms with Gasteiger partial charge >= 0.3 is 11.6 Å². The zero-order chi connectivity index (χ0) is 21.1. The van der Waals surface area contributed by atoms with Crippen LogP contribution in [0, 0.1) is 0 Å². The summed E-state index contributed by atoms with van der Waals surface area (Å²) in [6.45, 7) is 1.99. The van der Waals surface area contributed by atoms with Gasteiger partial charge in [0.2, 0.25) is 5.69 Å². The molecule has 4 aromatic rings. The first kappa shape index (κ1) is 19.9. The van der Waals surface area contributed by atoms with E-state index in [2.05, 4.69) is 21.0 Å². The number of para-hydroxylation sites is 1. The number of halogens is 1. The largest absolute Gasteiger partial charge is 0.485 e. The number of esters is 1. The fraction of sp³-hybridized carbons (Fsp3) is 0.136. The first-order chi connectivity index (χ1) is 14.5. The van der Waals surface area contributed by atoms with Gasteiger partial charge in [0.1, 0.15) is 12.2 Å². The Balaban J connectivity index is 1.69. The maximum absolute atomic E-state index is 12.4. The molecule has 0 saturated carbocycles. The van der Waals surface area contributed by atoms with Crippen molar-refractivity contribution in [3.63, 3.8) is 0 Å². The number of benzene rings is 2. The van der Waals surface area contributed by atoms with E-state index in [4.69, 9.17) is 13.9 Å². The Hall–Kier alpha value is -3.39. The maximum atomic E-state index is 12.4. The number of rotatable bonds is 6. The van der Waals surface area contributed by atoms with Crippen LogP contribution in [0.3, 0.4) is 0 Å². The fourth-order valence-electron chi connectivity index (χ4n) is 3.00. The molecule has 0 aliphatic heterocycles. The number of carbonyl (C=O) groups is 1. The zero-order valence-electron chi connectivity index (χ0n) is 16.0. The van der Waals surface area contributed by atoms with Crippen LogP contribution < -0.4 is 10.4 Å². The van der Waals surface area contributed by atoms with Gasteiger partial charge in [0.25, 0.3) is 0 Å². The summed E-state index contributed by atoms with van der Waals surface area (Å²) in [5, 5.41) is 5.08. The lowest BCUT2D eigenvalue weighted by molar-refractivity contribution is 0.0514. The van der Waals surface area contributed by atoms with Crippen molar-refractivity contribution in [3.8, 4) is 11.4 Å². The van der Waals surface area contributed by atoms with Crippen molar-refractivity contribution in [1.82, 2.24) is 9.78 Å². The molecule has 2 aromatic carbocycles. The average Bonchev–Trinajstić information content (AvgIpc) is 3.17. The average molecular weight is 469 g/mol. The molecular weight excluding hydrogens is 452 g/mol. The van der Waals surface area contributed by atoms with E-state index in [9.17, 15) is 9.59 Å². The molecule has 4 rings (SSSR count). The van der Waals surface area contributed by atoms with Gasteiger partial charge in [0.05, 0.1) is 18.5 Å². The molecule has 0 N–H and O–H groups in total. The number of hydrogen-bond donors (Lipinski definition) is 0. The van der Waals surface area contributed by atoms with Crippen LogP contribution in [0.2, 0.25) is 0 Å². The minimum absolute atomic E-state index is 0.0522. The standard InChI is InChI=1S/C22H17BrN2O5/c1-2-28-22(27)21-19(12-25(24-21)16-6-4-3-5-7-16)29-13-14-10-20(26)30-18-11-15(23)8-9-17(14)18/h3-12H,2,13H2,1H3. The minimum atomic E-state index is -0.580. The molecule has 0 radical (unpaired) electrons. The SMILES string of the molecule is CCOC(=O)c1nn(-c2ccccc2)cc1OCc1cc(=O)oc2cc(Br)ccc12. The Morgan fingerprint density at radius 1 is 1.17 bits per heavy atom. The summed E-state index contributed by atoms with van der Waals surface area (Å²) in [6.07, 6.45) is 1.62. The zero-order valence-corrected chi connectivity index (χ0v) is 17.6. The summed E-state index contributed by atoms with van der Waals surface area (Å²) in [7, 11) is 0. The maximum Gasteiger partial charge on any atom is 0.362 e. The van der Waals surface area contributed by atoms with E-state index < -0.39 is 11.6 Å². The number of fused-ring (bicyclic) bond motifs is 1. The quantitative estimate of drug-likeness (QED) is 0.306. The third-order valence-electron chi connectivity index (χ3n) is 4.35. The van der Waals surface area contributed by atoms with E-state index in [0.717, 1.165) is 15.5 Å². The Morgan fingerprint density at radius 2 is 1.97 bits per heavy atom. The Labute approximate surface area is 180 Å². The highest BCUT2D eigenvalue weighted by Gasteiger charge is 2.21. The van der Waals surface area contributed by atoms with Crippen LogP contribution in [0.1, 0.15) is 23.0 Å². The predicted molar refractivity (Wildman–Crippen MR) is 114 cm³/mol. The molecule has 7 nitrogen and oxygen atoms in total. The molecule has 0 atom stereocenters. The van der Waals surface area contributed by atoms with Gasteiger partial charge in [-0.1, -0.05) is 34.1 Å². The van der Waals surface area contributed by atoms with E-state index in [1.54, 1.807) is 23.9 Å². The molecular formula is C22H17BrN2O5. The molecule has 0 spiro atoms. The summed E-state index contributed by atoms with van der Waals surface area (Å²) in [5.41, 5.74) is 1.44. The first-order valence-corrected chi connectivity index (χ1v) is 10.0. The molecule has 0 bridgehead atoms. The molecule has 2 aromatic heterocycles. The van der Waals surface area contributed by atoms with Crippen LogP contribution in [0.5, 0.6) is 5.75 Å². The van der Waals surface area contributed by atoms with Crippen LogP contribution in [0.15, 0.2) is 74.5 Å². The van der Waals surface area contributed by atoms with Gasteiger partial charge in [0, 0.05) is 21.5 Å². The smallest absolute Gasteiger partial charge is 0.362 e. The van der Waals surface area contributed by atoms with Gasteiger partial charge in [-0.05, 0) is 37.3 Å². The van der Waals surface area contributed by atoms with Gasteiger partial charge in [-0.2, -0.15) is 5.10 Å². The summed E-state index contributed by atoms with van der Waals surface area (Å²) < 4.78 is 18.6. The van der Waals surface area contributed by atoms with Crippen molar-refractivity contribution in [2.45, 2.75) is 13.5 Å². The molecule has 152 valence electrons. The summed E-state index contributed by atoms with van der Waals surface area (Å²) in [5.74, 6) is -0.320. The van der Waals surface area contributed by atoms with E-state index >= 15 is 0 Å². The molecule has 2 heterocycles. The summed E-state index contributed by atoms with van der Waals surface area (Å²) >= 11 is 3.37.